The van der Waals surface area contributed by atoms with Gasteiger partial charge in [0, 0.05) is 5.82 Å². The van der Waals surface area contributed by atoms with Crippen molar-refractivity contribution in [1.29, 1.82) is 0 Å². The molecule has 1 fully saturated rings. The van der Waals surface area contributed by atoms with E-state index in [1.165, 1.54) is 36.8 Å². The van der Waals surface area contributed by atoms with Gasteiger partial charge in [-0.3, -0.25) is 4.39 Å². The molecule has 0 spiro atoms. The van der Waals surface area contributed by atoms with Crippen molar-refractivity contribution >= 4 is 11.6 Å². The fourth-order valence-corrected chi connectivity index (χ4v) is 3.70. The average molecular weight is 415 g/mol. The normalized spacial score (nSPS) is 20.5. The van der Waals surface area contributed by atoms with E-state index >= 15 is 0 Å². The standard InChI is InChI=1S/C21H23ClF.Rb/c1-15-5-10-17(11-6-15)18-12-7-16(8-13-18)9-14-19-3-2-4-20(22)21(19)23;/h2-3,7-8,12-13,15,17H,5-6,9-11,14H2,1H3;/q-1;+1. The van der Waals surface area contributed by atoms with Gasteiger partial charge in [0.15, 0.2) is 0 Å². The molecule has 1 aliphatic rings. The van der Waals surface area contributed by atoms with E-state index in [4.69, 9.17) is 11.6 Å². The van der Waals surface area contributed by atoms with E-state index in [-0.39, 0.29) is 69.0 Å². The third-order valence-corrected chi connectivity index (χ3v) is 5.39. The van der Waals surface area contributed by atoms with Crippen molar-refractivity contribution in [2.24, 2.45) is 5.92 Å². The Kier molecular flexibility index (Phi) is 8.63. The minimum absolute atomic E-state index is 0. The molecule has 0 unspecified atom stereocenters. The fourth-order valence-electron chi connectivity index (χ4n) is 3.51. The second kappa shape index (κ2) is 9.97. The molecule has 0 nitrogen and oxygen atoms in total. The van der Waals surface area contributed by atoms with Crippen molar-refractivity contribution in [3.8, 4) is 0 Å². The molecule has 0 bridgehead atoms. The Labute approximate surface area is 199 Å². The molecule has 2 aromatic carbocycles. The first kappa shape index (κ1) is 20.8. The van der Waals surface area contributed by atoms with E-state index in [9.17, 15) is 4.39 Å². The molecule has 3 heteroatoms. The maximum Gasteiger partial charge on any atom is 1.00 e. The zero-order valence-corrected chi connectivity index (χ0v) is 20.3. The summed E-state index contributed by atoms with van der Waals surface area (Å²) in [5.74, 6) is 1.28. The second-order valence-corrected chi connectivity index (χ2v) is 7.21. The first-order valence-electron chi connectivity index (χ1n) is 8.57. The van der Waals surface area contributed by atoms with Gasteiger partial charge in [0.25, 0.3) is 0 Å². The molecule has 0 heterocycles. The molecule has 24 heavy (non-hydrogen) atoms. The van der Waals surface area contributed by atoms with Gasteiger partial charge in [0.2, 0.25) is 0 Å². The van der Waals surface area contributed by atoms with Crippen LogP contribution in [0.15, 0.2) is 36.4 Å². The van der Waals surface area contributed by atoms with Gasteiger partial charge in [-0.05, 0) is 53.7 Å². The summed E-state index contributed by atoms with van der Waals surface area (Å²) in [4.78, 5) is 0. The monoisotopic (exact) mass is 414 g/mol. The number of benzene rings is 2. The van der Waals surface area contributed by atoms with E-state index in [2.05, 4.69) is 37.3 Å². The Morgan fingerprint density at radius 3 is 2.38 bits per heavy atom. The number of halogens is 2. The van der Waals surface area contributed by atoms with Crippen LogP contribution in [0.5, 0.6) is 0 Å². The molecule has 0 radical (unpaired) electrons. The van der Waals surface area contributed by atoms with Crippen molar-refractivity contribution in [3.05, 3.63) is 70.0 Å². The largest absolute Gasteiger partial charge is 1.00 e. The van der Waals surface area contributed by atoms with Crippen LogP contribution in [0.2, 0.25) is 5.02 Å². The number of hydrogen-bond donors (Lipinski definition) is 0. The molecular weight excluding hydrogens is 392 g/mol. The van der Waals surface area contributed by atoms with Gasteiger partial charge in [-0.1, -0.05) is 44.0 Å². The number of hydrogen-bond acceptors (Lipinski definition) is 0. The van der Waals surface area contributed by atoms with Gasteiger partial charge in [-0.2, -0.15) is 18.2 Å². The molecule has 1 saturated carbocycles. The molecule has 2 aromatic rings. The van der Waals surface area contributed by atoms with Gasteiger partial charge >= 0.3 is 58.2 Å². The molecule has 122 valence electrons. The zero-order valence-electron chi connectivity index (χ0n) is 14.6. The van der Waals surface area contributed by atoms with Gasteiger partial charge in [0.1, 0.15) is 0 Å². The van der Waals surface area contributed by atoms with Crippen molar-refractivity contribution in [2.75, 3.05) is 0 Å². The Morgan fingerprint density at radius 1 is 1.04 bits per heavy atom. The predicted molar refractivity (Wildman–Crippen MR) is 94.5 cm³/mol. The molecule has 0 amide bonds. The molecule has 0 saturated heterocycles. The van der Waals surface area contributed by atoms with Gasteiger partial charge in [-0.25, -0.2) is 0 Å². The summed E-state index contributed by atoms with van der Waals surface area (Å²) in [6, 6.07) is 15.0. The van der Waals surface area contributed by atoms with E-state index < -0.39 is 0 Å². The smallest absolute Gasteiger partial charge is 0.283 e. The Balaban J connectivity index is 0.00000208. The van der Waals surface area contributed by atoms with Crippen molar-refractivity contribution in [2.45, 2.75) is 51.4 Å². The molecule has 1 aliphatic carbocycles. The van der Waals surface area contributed by atoms with Gasteiger partial charge < -0.3 is 0 Å². The minimum atomic E-state index is -0.331. The van der Waals surface area contributed by atoms with Crippen LogP contribution in [0.4, 0.5) is 4.39 Å². The van der Waals surface area contributed by atoms with Crippen molar-refractivity contribution < 1.29 is 62.6 Å². The van der Waals surface area contributed by atoms with Crippen LogP contribution < -0.4 is 58.2 Å². The maximum atomic E-state index is 13.9. The molecule has 3 rings (SSSR count). The average Bonchev–Trinajstić information content (AvgIpc) is 2.57. The van der Waals surface area contributed by atoms with Gasteiger partial charge in [-0.15, -0.1) is 17.2 Å². The van der Waals surface area contributed by atoms with E-state index in [1.54, 1.807) is 12.1 Å². The number of rotatable bonds is 4. The van der Waals surface area contributed by atoms with Crippen LogP contribution in [-0.4, -0.2) is 0 Å². The van der Waals surface area contributed by atoms with Crippen LogP contribution >= 0.6 is 11.6 Å². The SMILES string of the molecule is CC1CCC(c2ccc(CCc3cc[c-]c(Cl)c3F)cc2)CC1.[Rb+]. The molecule has 0 N–H and O–H groups in total. The summed E-state index contributed by atoms with van der Waals surface area (Å²) in [6.45, 7) is 2.35. The topological polar surface area (TPSA) is 0 Å². The first-order valence-corrected chi connectivity index (χ1v) is 8.94. The molecule has 0 aliphatic heterocycles. The summed E-state index contributed by atoms with van der Waals surface area (Å²) in [7, 11) is 0. The zero-order chi connectivity index (χ0) is 16.2. The van der Waals surface area contributed by atoms with Crippen LogP contribution in [0.1, 0.15) is 55.2 Å². The Morgan fingerprint density at radius 2 is 1.71 bits per heavy atom. The fraction of sp³-hybridized carbons (Fsp3) is 0.429. The predicted octanol–water partition coefficient (Wildman–Crippen LogP) is 3.36. The van der Waals surface area contributed by atoms with Gasteiger partial charge in [0.05, 0.1) is 0 Å². The summed E-state index contributed by atoms with van der Waals surface area (Å²) in [5.41, 5.74) is 3.38. The van der Waals surface area contributed by atoms with E-state index in [1.807, 2.05) is 0 Å². The van der Waals surface area contributed by atoms with E-state index in [0.717, 1.165) is 18.3 Å². The summed E-state index contributed by atoms with van der Waals surface area (Å²) in [6.07, 6.45) is 6.81. The van der Waals surface area contributed by atoms with Crippen LogP contribution in [-0.2, 0) is 12.8 Å². The number of aryl methyl sites for hydroxylation is 2. The van der Waals surface area contributed by atoms with Crippen molar-refractivity contribution in [3.63, 3.8) is 0 Å². The summed E-state index contributed by atoms with van der Waals surface area (Å²) in [5, 5.41) is 0.0874. The quantitative estimate of drug-likeness (QED) is 0.672. The summed E-state index contributed by atoms with van der Waals surface area (Å²) >= 11 is 5.78. The molecule has 0 atom stereocenters. The maximum absolute atomic E-state index is 13.9. The van der Waals surface area contributed by atoms with Crippen LogP contribution in [0.25, 0.3) is 0 Å². The van der Waals surface area contributed by atoms with Crippen molar-refractivity contribution in [1.82, 2.24) is 0 Å². The second-order valence-electron chi connectivity index (χ2n) is 6.83. The molecular formula is C21H23ClFRb. The Bertz CT molecular complexity index is 645. The van der Waals surface area contributed by atoms with Crippen LogP contribution in [0.3, 0.4) is 0 Å². The van der Waals surface area contributed by atoms with E-state index in [0.29, 0.717) is 12.0 Å². The molecule has 0 aromatic heterocycles. The third kappa shape index (κ3) is 5.48. The Hall–Kier alpha value is 0.465. The summed E-state index contributed by atoms with van der Waals surface area (Å²) < 4.78 is 13.9. The minimum Gasteiger partial charge on any atom is -0.283 e. The first-order chi connectivity index (χ1) is 11.1. The van der Waals surface area contributed by atoms with Crippen LogP contribution in [0, 0.1) is 17.8 Å². The third-order valence-electron chi connectivity index (χ3n) is 5.12.